The minimum Gasteiger partial charge on any atom is -0.466 e. The molecule has 1 fully saturated rings. The number of nitrogens with zero attached hydrogens (tertiary/aromatic N) is 3. The van der Waals surface area contributed by atoms with Gasteiger partial charge in [0.1, 0.15) is 5.82 Å². The van der Waals surface area contributed by atoms with Gasteiger partial charge < -0.3 is 20.3 Å². The number of hydrogen-bond acceptors (Lipinski definition) is 9. The molecule has 2 aliphatic rings. The van der Waals surface area contributed by atoms with Gasteiger partial charge in [0.25, 0.3) is 11.2 Å². The number of anilines is 3. The molecule has 2 aliphatic heterocycles. The van der Waals surface area contributed by atoms with Gasteiger partial charge in [-0.3, -0.25) is 34.3 Å². The van der Waals surface area contributed by atoms with Gasteiger partial charge in [-0.05, 0) is 32.3 Å². The molecule has 3 heterocycles. The Morgan fingerprint density at radius 2 is 2.11 bits per heavy atom. The van der Waals surface area contributed by atoms with E-state index in [0.717, 1.165) is 0 Å². The van der Waals surface area contributed by atoms with Crippen molar-refractivity contribution in [2.75, 3.05) is 35.2 Å². The van der Waals surface area contributed by atoms with E-state index in [4.69, 9.17) is 4.74 Å². The summed E-state index contributed by atoms with van der Waals surface area (Å²) in [5.74, 6) is -2.83. The molecule has 0 saturated carbocycles. The van der Waals surface area contributed by atoms with Crippen LogP contribution in [0.2, 0.25) is 0 Å². The molecule has 2 unspecified atom stereocenters. The number of nitro groups is 1. The lowest BCUT2D eigenvalue weighted by Gasteiger charge is -2.32. The zero-order chi connectivity index (χ0) is 26.0. The Hall–Kier alpha value is -4.29. The van der Waals surface area contributed by atoms with Gasteiger partial charge in [-0.25, -0.2) is 0 Å². The van der Waals surface area contributed by atoms with Gasteiger partial charge in [0.05, 0.1) is 34.6 Å². The first-order valence-electron chi connectivity index (χ1n) is 11.6. The molecule has 1 saturated heterocycles. The lowest BCUT2D eigenvalue weighted by molar-refractivity contribution is -0.384. The number of ether oxygens (including phenoxy) is 1. The van der Waals surface area contributed by atoms with Crippen LogP contribution in [0.25, 0.3) is 0 Å². The number of carbonyl (C=O) groups excluding carboxylic acids is 3. The Balaban J connectivity index is 1.61. The van der Waals surface area contributed by atoms with Crippen LogP contribution in [0.15, 0.2) is 23.0 Å². The molecule has 1 aromatic carbocycles. The van der Waals surface area contributed by atoms with Crippen molar-refractivity contribution in [3.63, 3.8) is 0 Å². The molecular formula is C23H26N6O7. The fourth-order valence-corrected chi connectivity index (χ4v) is 4.43. The Morgan fingerprint density at radius 3 is 2.83 bits per heavy atom. The third kappa shape index (κ3) is 5.04. The summed E-state index contributed by atoms with van der Waals surface area (Å²) in [5, 5.41) is 16.3. The van der Waals surface area contributed by atoms with Crippen LogP contribution >= 0.6 is 0 Å². The summed E-state index contributed by atoms with van der Waals surface area (Å²) >= 11 is 0. The lowest BCUT2D eigenvalue weighted by Crippen LogP contribution is -2.42. The molecule has 0 spiro atoms. The zero-order valence-electron chi connectivity index (χ0n) is 19.8. The molecule has 4 rings (SSSR count). The number of nitro benzene ring substituents is 1. The second kappa shape index (κ2) is 10.1. The predicted octanol–water partition coefficient (Wildman–Crippen LogP) is 1.83. The Kier molecular flexibility index (Phi) is 6.99. The van der Waals surface area contributed by atoms with Gasteiger partial charge in [-0.2, -0.15) is 4.98 Å². The SMILES string of the molecule is CCOC(=O)C1CCCN(c2nc3c(c(=O)[nH]2)C(C(=O)Nc2cc([N+](=O)[O-])ccc2C)CC(=O)N3)C1. The van der Waals surface area contributed by atoms with Crippen LogP contribution in [0.5, 0.6) is 0 Å². The van der Waals surface area contributed by atoms with E-state index < -0.39 is 28.2 Å². The highest BCUT2D eigenvalue weighted by Crippen LogP contribution is 2.32. The second-order valence-electron chi connectivity index (χ2n) is 8.74. The molecule has 0 bridgehead atoms. The van der Waals surface area contributed by atoms with Crippen molar-refractivity contribution >= 4 is 40.9 Å². The number of rotatable bonds is 6. The van der Waals surface area contributed by atoms with Crippen molar-refractivity contribution in [2.24, 2.45) is 5.92 Å². The number of piperidine rings is 1. The normalized spacial score (nSPS) is 19.2. The van der Waals surface area contributed by atoms with Crippen LogP contribution in [0, 0.1) is 23.0 Å². The van der Waals surface area contributed by atoms with Gasteiger partial charge in [-0.1, -0.05) is 6.07 Å². The molecular weight excluding hydrogens is 472 g/mol. The predicted molar refractivity (Wildman–Crippen MR) is 129 cm³/mol. The molecule has 190 valence electrons. The van der Waals surface area contributed by atoms with E-state index >= 15 is 0 Å². The summed E-state index contributed by atoms with van der Waals surface area (Å²) in [6.07, 6.45) is 1.05. The van der Waals surface area contributed by atoms with E-state index in [0.29, 0.717) is 31.5 Å². The molecule has 36 heavy (non-hydrogen) atoms. The average molecular weight is 498 g/mol. The highest BCUT2D eigenvalue weighted by Gasteiger charge is 2.36. The monoisotopic (exact) mass is 498 g/mol. The maximum absolute atomic E-state index is 13.1. The standard InChI is InChI=1S/C23H26N6O7/c1-3-36-22(33)13-5-4-8-28(11-13)23-26-19-18(21(32)27-23)15(10-17(30)25-19)20(31)24-16-9-14(29(34)35)7-6-12(16)2/h6-7,9,13,15H,3-5,8,10-11H2,1-2H3,(H,24,31)(H2,25,26,27,30,32). The first-order valence-corrected chi connectivity index (χ1v) is 11.6. The number of H-pyrrole nitrogens is 1. The van der Waals surface area contributed by atoms with Gasteiger partial charge in [0, 0.05) is 31.6 Å². The van der Waals surface area contributed by atoms with Gasteiger partial charge >= 0.3 is 5.97 Å². The van der Waals surface area contributed by atoms with Gasteiger partial charge in [-0.15, -0.1) is 0 Å². The summed E-state index contributed by atoms with van der Waals surface area (Å²) < 4.78 is 5.12. The Bertz CT molecular complexity index is 1290. The third-order valence-corrected chi connectivity index (χ3v) is 6.29. The van der Waals surface area contributed by atoms with Gasteiger partial charge in [0.15, 0.2) is 0 Å². The summed E-state index contributed by atoms with van der Waals surface area (Å²) in [4.78, 5) is 70.2. The molecule has 13 heteroatoms. The first kappa shape index (κ1) is 24.8. The summed E-state index contributed by atoms with van der Waals surface area (Å²) in [6, 6.07) is 4.04. The maximum atomic E-state index is 13.1. The summed E-state index contributed by atoms with van der Waals surface area (Å²) in [5.41, 5.74) is -0.00862. The van der Waals surface area contributed by atoms with Crippen molar-refractivity contribution < 1.29 is 24.0 Å². The minimum atomic E-state index is -1.15. The fourth-order valence-electron chi connectivity index (χ4n) is 4.43. The van der Waals surface area contributed by atoms with Crippen LogP contribution in [0.1, 0.15) is 43.2 Å². The quantitative estimate of drug-likeness (QED) is 0.304. The molecule has 0 aliphatic carbocycles. The molecule has 2 atom stereocenters. The number of esters is 1. The number of nitrogens with one attached hydrogen (secondary N) is 3. The van der Waals surface area contributed by atoms with E-state index in [1.807, 2.05) is 0 Å². The molecule has 1 aromatic heterocycles. The van der Waals surface area contributed by atoms with Gasteiger partial charge in [0.2, 0.25) is 17.8 Å². The van der Waals surface area contributed by atoms with E-state index in [1.165, 1.54) is 18.2 Å². The van der Waals surface area contributed by atoms with Crippen LogP contribution in [-0.2, 0) is 19.1 Å². The smallest absolute Gasteiger partial charge is 0.310 e. The van der Waals surface area contributed by atoms with Crippen molar-refractivity contribution in [1.29, 1.82) is 0 Å². The van der Waals surface area contributed by atoms with Crippen LogP contribution in [0.4, 0.5) is 23.1 Å². The zero-order valence-corrected chi connectivity index (χ0v) is 19.8. The number of benzene rings is 1. The summed E-state index contributed by atoms with van der Waals surface area (Å²) in [7, 11) is 0. The number of aryl methyl sites for hydroxylation is 1. The molecule has 2 amide bonds. The lowest BCUT2D eigenvalue weighted by atomic mass is 9.92. The second-order valence-corrected chi connectivity index (χ2v) is 8.74. The van der Waals surface area contributed by atoms with Crippen molar-refractivity contribution in [1.82, 2.24) is 9.97 Å². The fraction of sp³-hybridized carbons (Fsp3) is 0.435. The minimum absolute atomic E-state index is 0.00196. The first-order chi connectivity index (χ1) is 17.2. The van der Waals surface area contributed by atoms with Crippen molar-refractivity contribution in [3.8, 4) is 0 Å². The highest BCUT2D eigenvalue weighted by molar-refractivity contribution is 6.04. The number of carbonyl (C=O) groups is 3. The number of amides is 2. The molecule has 0 radical (unpaired) electrons. The van der Waals surface area contributed by atoms with E-state index in [2.05, 4.69) is 20.6 Å². The van der Waals surface area contributed by atoms with E-state index in [1.54, 1.807) is 18.7 Å². The van der Waals surface area contributed by atoms with E-state index in [9.17, 15) is 29.3 Å². The molecule has 13 nitrogen and oxygen atoms in total. The number of hydrogen-bond donors (Lipinski definition) is 3. The molecule has 2 aromatic rings. The van der Waals surface area contributed by atoms with E-state index in [-0.39, 0.29) is 53.6 Å². The van der Waals surface area contributed by atoms with Crippen LogP contribution in [0.3, 0.4) is 0 Å². The number of aromatic nitrogens is 2. The molecule has 3 N–H and O–H groups in total. The topological polar surface area (TPSA) is 177 Å². The number of fused-ring (bicyclic) bond motifs is 1. The third-order valence-electron chi connectivity index (χ3n) is 6.29. The maximum Gasteiger partial charge on any atom is 0.310 e. The van der Waals surface area contributed by atoms with Crippen molar-refractivity contribution in [3.05, 3.63) is 49.8 Å². The van der Waals surface area contributed by atoms with Crippen LogP contribution in [-0.4, -0.2) is 52.4 Å². The average Bonchev–Trinajstić information content (AvgIpc) is 2.84. The largest absolute Gasteiger partial charge is 0.466 e. The number of aromatic amines is 1. The summed E-state index contributed by atoms with van der Waals surface area (Å²) in [6.45, 7) is 4.51. The highest BCUT2D eigenvalue weighted by atomic mass is 16.6. The van der Waals surface area contributed by atoms with Crippen LogP contribution < -0.4 is 21.1 Å². The van der Waals surface area contributed by atoms with Crippen molar-refractivity contribution in [2.45, 2.75) is 39.0 Å². The number of non-ortho nitro benzene ring substituents is 1. The Labute approximate surface area is 205 Å². The Morgan fingerprint density at radius 1 is 1.33 bits per heavy atom.